The number of amides is 2. The average Bonchev–Trinajstić information content (AvgIpc) is 3.30. The van der Waals surface area contributed by atoms with E-state index in [1.54, 1.807) is 66.7 Å². The van der Waals surface area contributed by atoms with Crippen LogP contribution in [-0.2, 0) is 22.5 Å². The first-order valence-electron chi connectivity index (χ1n) is 12.5. The molecular formula is C29H22Cl2F3N3O4. The highest BCUT2D eigenvalue weighted by molar-refractivity contribution is 6.31. The standard InChI is InChI=1S/C29H22Cl2F3N3O4/c30-19-8-4-7-18(13-19)26(38)37-12-11-21-22-14-20(31)9-10-23(22)35-25(21)24(37)16-36(15-17-5-2-1-3-6-17)28(40)41-27(39)29(32,33)34/h1-10,13-14,24,35H,11-12,15-16H2. The van der Waals surface area contributed by atoms with Gasteiger partial charge in [-0.05, 0) is 53.9 Å². The van der Waals surface area contributed by atoms with E-state index in [1.807, 2.05) is 0 Å². The molecule has 1 aromatic heterocycles. The number of alkyl halides is 3. The molecule has 4 aromatic rings. The number of hydrogen-bond acceptors (Lipinski definition) is 4. The van der Waals surface area contributed by atoms with Crippen LogP contribution in [0.5, 0.6) is 0 Å². The molecule has 0 saturated carbocycles. The van der Waals surface area contributed by atoms with Crippen molar-refractivity contribution in [1.82, 2.24) is 14.8 Å². The van der Waals surface area contributed by atoms with Crippen LogP contribution in [0.4, 0.5) is 18.0 Å². The molecule has 3 aromatic carbocycles. The number of hydrogen-bond donors (Lipinski definition) is 1. The minimum atomic E-state index is -5.36. The quantitative estimate of drug-likeness (QED) is 0.198. The number of aromatic nitrogens is 1. The molecule has 2 amide bonds. The normalized spacial score (nSPS) is 15.0. The maximum absolute atomic E-state index is 13.8. The number of rotatable bonds is 5. The van der Waals surface area contributed by atoms with E-state index in [2.05, 4.69) is 9.72 Å². The van der Waals surface area contributed by atoms with E-state index < -0.39 is 24.3 Å². The molecule has 0 spiro atoms. The number of carbonyl (C=O) groups is 3. The van der Waals surface area contributed by atoms with Gasteiger partial charge in [0.1, 0.15) is 0 Å². The second-order valence-corrected chi connectivity index (χ2v) is 10.4. The number of nitrogens with zero attached hydrogens (tertiary/aromatic N) is 2. The number of benzene rings is 3. The summed E-state index contributed by atoms with van der Waals surface area (Å²) in [6.45, 7) is -0.223. The highest BCUT2D eigenvalue weighted by Crippen LogP contribution is 2.37. The van der Waals surface area contributed by atoms with Gasteiger partial charge in [-0.3, -0.25) is 4.79 Å². The van der Waals surface area contributed by atoms with Crippen molar-refractivity contribution in [3.63, 3.8) is 0 Å². The van der Waals surface area contributed by atoms with Crippen LogP contribution in [0.2, 0.25) is 10.0 Å². The summed E-state index contributed by atoms with van der Waals surface area (Å²) in [5.74, 6) is -3.02. The maximum Gasteiger partial charge on any atom is 0.491 e. The smallest absolute Gasteiger partial charge is 0.369 e. The lowest BCUT2D eigenvalue weighted by Gasteiger charge is -2.38. The van der Waals surface area contributed by atoms with Gasteiger partial charge >= 0.3 is 18.2 Å². The molecule has 2 heterocycles. The van der Waals surface area contributed by atoms with Crippen molar-refractivity contribution < 1.29 is 32.3 Å². The van der Waals surface area contributed by atoms with Gasteiger partial charge in [-0.1, -0.05) is 59.6 Å². The molecule has 5 rings (SSSR count). The summed E-state index contributed by atoms with van der Waals surface area (Å²) in [5, 5.41) is 1.69. The summed E-state index contributed by atoms with van der Waals surface area (Å²) in [4.78, 5) is 44.2. The van der Waals surface area contributed by atoms with E-state index in [9.17, 15) is 27.6 Å². The molecule has 1 aliphatic rings. The Morgan fingerprint density at radius 2 is 1.71 bits per heavy atom. The van der Waals surface area contributed by atoms with Crippen LogP contribution in [-0.4, -0.2) is 52.0 Å². The van der Waals surface area contributed by atoms with E-state index in [0.717, 1.165) is 21.4 Å². The van der Waals surface area contributed by atoms with E-state index in [-0.39, 0.29) is 25.5 Å². The molecule has 12 heteroatoms. The van der Waals surface area contributed by atoms with Gasteiger partial charge in [0.15, 0.2) is 0 Å². The van der Waals surface area contributed by atoms with E-state index >= 15 is 0 Å². The third-order valence-electron chi connectivity index (χ3n) is 6.83. The molecule has 1 aliphatic heterocycles. The zero-order valence-corrected chi connectivity index (χ0v) is 22.8. The average molecular weight is 604 g/mol. The highest BCUT2D eigenvalue weighted by atomic mass is 35.5. The van der Waals surface area contributed by atoms with Gasteiger partial charge < -0.3 is 19.5 Å². The van der Waals surface area contributed by atoms with E-state index in [0.29, 0.717) is 33.3 Å². The highest BCUT2D eigenvalue weighted by Gasteiger charge is 2.44. The lowest BCUT2D eigenvalue weighted by molar-refractivity contribution is -0.193. The fourth-order valence-corrected chi connectivity index (χ4v) is 5.34. The molecule has 1 unspecified atom stereocenters. The fraction of sp³-hybridized carbons (Fsp3) is 0.207. The number of ether oxygens (including phenoxy) is 1. The summed E-state index contributed by atoms with van der Waals surface area (Å²) in [5.41, 5.74) is 3.08. The van der Waals surface area contributed by atoms with Gasteiger partial charge in [-0.25, -0.2) is 9.59 Å². The van der Waals surface area contributed by atoms with Crippen LogP contribution in [0, 0.1) is 0 Å². The number of esters is 1. The molecule has 7 nitrogen and oxygen atoms in total. The molecule has 212 valence electrons. The number of halogens is 5. The van der Waals surface area contributed by atoms with Crippen molar-refractivity contribution in [2.75, 3.05) is 13.1 Å². The third kappa shape index (κ3) is 6.18. The minimum absolute atomic E-state index is 0.179. The molecule has 0 bridgehead atoms. The van der Waals surface area contributed by atoms with Gasteiger partial charge in [0.2, 0.25) is 0 Å². The Morgan fingerprint density at radius 1 is 0.976 bits per heavy atom. The zero-order chi connectivity index (χ0) is 29.3. The number of carbonyl (C=O) groups excluding carboxylic acids is 3. The number of aromatic amines is 1. The Bertz CT molecular complexity index is 1620. The Balaban J connectivity index is 1.57. The number of nitrogens with one attached hydrogen (secondary N) is 1. The zero-order valence-electron chi connectivity index (χ0n) is 21.3. The first-order chi connectivity index (χ1) is 19.5. The molecule has 1 atom stereocenters. The summed E-state index contributed by atoms with van der Waals surface area (Å²) in [7, 11) is 0. The summed E-state index contributed by atoms with van der Waals surface area (Å²) in [6.07, 6.45) is -6.40. The SMILES string of the molecule is O=C(OC(=O)C(F)(F)F)N(Cc1ccccc1)CC1c2[nH]c3ccc(Cl)cc3c2CCN1C(=O)c1cccc(Cl)c1. The predicted molar refractivity (Wildman–Crippen MR) is 147 cm³/mol. The second kappa shape index (κ2) is 11.5. The predicted octanol–water partition coefficient (Wildman–Crippen LogP) is 6.94. The lowest BCUT2D eigenvalue weighted by atomic mass is 9.95. The second-order valence-electron chi connectivity index (χ2n) is 9.50. The van der Waals surface area contributed by atoms with Crippen LogP contribution in [0.1, 0.15) is 33.2 Å². The van der Waals surface area contributed by atoms with Crippen LogP contribution in [0.3, 0.4) is 0 Å². The van der Waals surface area contributed by atoms with Crippen LogP contribution in [0.25, 0.3) is 10.9 Å². The van der Waals surface area contributed by atoms with Gasteiger partial charge in [0, 0.05) is 45.3 Å². The lowest BCUT2D eigenvalue weighted by Crippen LogP contribution is -2.47. The fourth-order valence-electron chi connectivity index (χ4n) is 4.98. The van der Waals surface area contributed by atoms with Crippen molar-refractivity contribution >= 4 is 52.1 Å². The summed E-state index contributed by atoms with van der Waals surface area (Å²) >= 11 is 12.4. The molecule has 0 fully saturated rings. The molecule has 41 heavy (non-hydrogen) atoms. The van der Waals surface area contributed by atoms with E-state index in [1.165, 1.54) is 11.0 Å². The summed E-state index contributed by atoms with van der Waals surface area (Å²) in [6, 6.07) is 19.3. The van der Waals surface area contributed by atoms with Crippen LogP contribution in [0.15, 0.2) is 72.8 Å². The Kier molecular flexibility index (Phi) is 7.97. The van der Waals surface area contributed by atoms with Crippen LogP contribution >= 0.6 is 23.2 Å². The maximum atomic E-state index is 13.8. The largest absolute Gasteiger partial charge is 0.491 e. The minimum Gasteiger partial charge on any atom is -0.369 e. The van der Waals surface area contributed by atoms with Gasteiger partial charge in [-0.15, -0.1) is 0 Å². The molecule has 0 radical (unpaired) electrons. The van der Waals surface area contributed by atoms with Crippen molar-refractivity contribution in [3.8, 4) is 0 Å². The van der Waals surface area contributed by atoms with Crippen molar-refractivity contribution in [1.29, 1.82) is 0 Å². The van der Waals surface area contributed by atoms with Crippen molar-refractivity contribution in [2.24, 2.45) is 0 Å². The molecule has 0 saturated heterocycles. The topological polar surface area (TPSA) is 82.7 Å². The third-order valence-corrected chi connectivity index (χ3v) is 7.30. The molecule has 1 N–H and O–H groups in total. The van der Waals surface area contributed by atoms with Gasteiger partial charge in [-0.2, -0.15) is 13.2 Å². The molecular weight excluding hydrogens is 582 g/mol. The van der Waals surface area contributed by atoms with Crippen LogP contribution < -0.4 is 0 Å². The number of fused-ring (bicyclic) bond motifs is 3. The Labute approximate surface area is 242 Å². The van der Waals surface area contributed by atoms with E-state index in [4.69, 9.17) is 23.2 Å². The Morgan fingerprint density at radius 3 is 2.41 bits per heavy atom. The molecule has 0 aliphatic carbocycles. The first-order valence-corrected chi connectivity index (χ1v) is 13.2. The monoisotopic (exact) mass is 603 g/mol. The summed E-state index contributed by atoms with van der Waals surface area (Å²) < 4.78 is 43.1. The Hall–Kier alpha value is -4.02. The first kappa shape index (κ1) is 28.5. The van der Waals surface area contributed by atoms with Gasteiger partial charge in [0.25, 0.3) is 5.91 Å². The number of H-pyrrole nitrogens is 1. The van der Waals surface area contributed by atoms with Crippen molar-refractivity contribution in [3.05, 3.63) is 105 Å². The van der Waals surface area contributed by atoms with Gasteiger partial charge in [0.05, 0.1) is 12.6 Å². The van der Waals surface area contributed by atoms with Crippen molar-refractivity contribution in [2.45, 2.75) is 25.2 Å².